The van der Waals surface area contributed by atoms with E-state index < -0.39 is 5.97 Å². The fourth-order valence-electron chi connectivity index (χ4n) is 1.24. The average molecular weight is 286 g/mol. The molecule has 6 heteroatoms. The highest BCUT2D eigenvalue weighted by Gasteiger charge is 2.09. The Morgan fingerprint density at radius 1 is 1.56 bits per heavy atom. The second kappa shape index (κ2) is 7.18. The first-order valence-electron chi connectivity index (χ1n) is 5.19. The third kappa shape index (κ3) is 4.89. The van der Waals surface area contributed by atoms with E-state index in [4.69, 9.17) is 16.7 Å². The van der Waals surface area contributed by atoms with Crippen molar-refractivity contribution >= 4 is 40.5 Å². The quantitative estimate of drug-likeness (QED) is 0.665. The number of hydrogen-bond donors (Lipinski definition) is 1. The third-order valence-corrected chi connectivity index (χ3v) is 3.07. The highest BCUT2D eigenvalue weighted by Crippen LogP contribution is 2.15. The van der Waals surface area contributed by atoms with Crippen LogP contribution < -0.4 is 0 Å². The van der Waals surface area contributed by atoms with Crippen molar-refractivity contribution in [3.05, 3.63) is 34.6 Å². The van der Waals surface area contributed by atoms with Crippen molar-refractivity contribution in [1.82, 2.24) is 4.98 Å². The minimum Gasteiger partial charge on any atom is -0.478 e. The van der Waals surface area contributed by atoms with Gasteiger partial charge in [-0.1, -0.05) is 35.5 Å². The van der Waals surface area contributed by atoms with Crippen LogP contribution >= 0.6 is 23.4 Å². The van der Waals surface area contributed by atoms with Gasteiger partial charge in [0.2, 0.25) is 0 Å². The number of halogens is 1. The summed E-state index contributed by atoms with van der Waals surface area (Å²) in [5.74, 6) is -0.369. The number of aromatic nitrogens is 1. The van der Waals surface area contributed by atoms with E-state index in [1.54, 1.807) is 6.08 Å². The summed E-state index contributed by atoms with van der Waals surface area (Å²) < 4.78 is 0. The SMILES string of the molecule is CC(=O)SCCC=Cc1cnc(Cl)cc1C(=O)O. The summed E-state index contributed by atoms with van der Waals surface area (Å²) in [6, 6.07) is 1.31. The molecule has 0 saturated carbocycles. The zero-order chi connectivity index (χ0) is 13.5. The van der Waals surface area contributed by atoms with E-state index in [0.717, 1.165) is 0 Å². The molecule has 0 aromatic carbocycles. The second-order valence-electron chi connectivity index (χ2n) is 3.43. The molecule has 1 heterocycles. The number of allylic oxidation sites excluding steroid dienone is 1. The molecule has 0 fully saturated rings. The number of thioether (sulfide) groups is 1. The summed E-state index contributed by atoms with van der Waals surface area (Å²) in [5.41, 5.74) is 0.616. The number of nitrogens with zero attached hydrogens (tertiary/aromatic N) is 1. The van der Waals surface area contributed by atoms with E-state index in [2.05, 4.69) is 4.98 Å². The van der Waals surface area contributed by atoms with Gasteiger partial charge in [-0.05, 0) is 12.5 Å². The predicted octanol–water partition coefficient (Wildman–Crippen LogP) is 3.12. The van der Waals surface area contributed by atoms with E-state index in [-0.39, 0.29) is 15.8 Å². The molecule has 1 N–H and O–H groups in total. The molecule has 0 spiro atoms. The van der Waals surface area contributed by atoms with Crippen molar-refractivity contribution in [2.45, 2.75) is 13.3 Å². The lowest BCUT2D eigenvalue weighted by atomic mass is 10.1. The van der Waals surface area contributed by atoms with Gasteiger partial charge >= 0.3 is 5.97 Å². The standard InChI is InChI=1S/C12H12ClNO3S/c1-8(15)18-5-3-2-4-9-7-14-11(13)6-10(9)12(16)17/h2,4,6-7H,3,5H2,1H3,(H,16,17). The van der Waals surface area contributed by atoms with Crippen molar-refractivity contribution in [2.75, 3.05) is 5.75 Å². The van der Waals surface area contributed by atoms with Crippen LogP contribution in [0.3, 0.4) is 0 Å². The molecule has 4 nitrogen and oxygen atoms in total. The van der Waals surface area contributed by atoms with Crippen LogP contribution in [0.1, 0.15) is 29.3 Å². The van der Waals surface area contributed by atoms with Crippen LogP contribution in [-0.2, 0) is 4.79 Å². The van der Waals surface area contributed by atoms with E-state index in [0.29, 0.717) is 17.7 Å². The van der Waals surface area contributed by atoms with Crippen LogP contribution in [-0.4, -0.2) is 26.9 Å². The maximum Gasteiger partial charge on any atom is 0.336 e. The Labute approximate surface area is 114 Å². The fourth-order valence-corrected chi connectivity index (χ4v) is 1.94. The van der Waals surface area contributed by atoms with E-state index in [1.807, 2.05) is 6.08 Å². The maximum atomic E-state index is 11.0. The summed E-state index contributed by atoms with van der Waals surface area (Å²) in [4.78, 5) is 25.5. The minimum atomic E-state index is -1.04. The largest absolute Gasteiger partial charge is 0.478 e. The summed E-state index contributed by atoms with van der Waals surface area (Å²) in [5, 5.41) is 9.22. The molecule has 18 heavy (non-hydrogen) atoms. The van der Waals surface area contributed by atoms with Crippen molar-refractivity contribution in [1.29, 1.82) is 0 Å². The number of rotatable bonds is 5. The predicted molar refractivity (Wildman–Crippen MR) is 73.0 cm³/mol. The number of pyridine rings is 1. The van der Waals surface area contributed by atoms with Gasteiger partial charge in [0, 0.05) is 24.4 Å². The molecule has 0 saturated heterocycles. The summed E-state index contributed by atoms with van der Waals surface area (Å²) in [7, 11) is 0. The second-order valence-corrected chi connectivity index (χ2v) is 5.09. The summed E-state index contributed by atoms with van der Waals surface area (Å²) in [6.07, 6.45) is 5.59. The van der Waals surface area contributed by atoms with Gasteiger partial charge in [0.1, 0.15) is 5.15 Å². The molecule has 0 atom stereocenters. The first-order valence-corrected chi connectivity index (χ1v) is 6.56. The van der Waals surface area contributed by atoms with Gasteiger partial charge in [-0.2, -0.15) is 0 Å². The molecule has 0 unspecified atom stereocenters. The smallest absolute Gasteiger partial charge is 0.336 e. The first-order chi connectivity index (χ1) is 8.50. The van der Waals surface area contributed by atoms with Gasteiger partial charge in [-0.15, -0.1) is 0 Å². The Balaban J connectivity index is 2.69. The number of carbonyl (C=O) groups is 2. The fraction of sp³-hybridized carbons (Fsp3) is 0.250. The van der Waals surface area contributed by atoms with Crippen LogP contribution in [0.5, 0.6) is 0 Å². The van der Waals surface area contributed by atoms with Gasteiger partial charge in [-0.3, -0.25) is 4.79 Å². The number of aromatic carboxylic acids is 1. The van der Waals surface area contributed by atoms with Crippen molar-refractivity contribution in [3.8, 4) is 0 Å². The van der Waals surface area contributed by atoms with Crippen LogP contribution in [0.15, 0.2) is 18.3 Å². The lowest BCUT2D eigenvalue weighted by molar-refractivity contribution is -0.109. The van der Waals surface area contributed by atoms with Crippen LogP contribution in [0, 0.1) is 0 Å². The maximum absolute atomic E-state index is 11.0. The molecule has 1 aromatic rings. The number of hydrogen-bond acceptors (Lipinski definition) is 4. The molecular formula is C12H12ClNO3S. The normalized spacial score (nSPS) is 10.8. The molecule has 0 aliphatic carbocycles. The lowest BCUT2D eigenvalue weighted by Crippen LogP contribution is -2.00. The molecule has 96 valence electrons. The highest BCUT2D eigenvalue weighted by molar-refractivity contribution is 8.13. The first kappa shape index (κ1) is 14.7. The molecule has 1 aromatic heterocycles. The molecule has 0 aliphatic rings. The topological polar surface area (TPSA) is 67.3 Å². The summed E-state index contributed by atoms with van der Waals surface area (Å²) >= 11 is 6.88. The van der Waals surface area contributed by atoms with Gasteiger partial charge in [0.05, 0.1) is 5.56 Å². The van der Waals surface area contributed by atoms with Gasteiger partial charge in [-0.25, -0.2) is 9.78 Å². The Morgan fingerprint density at radius 3 is 2.89 bits per heavy atom. The third-order valence-electron chi connectivity index (χ3n) is 2.02. The molecule has 0 amide bonds. The molecular weight excluding hydrogens is 274 g/mol. The van der Waals surface area contributed by atoms with Crippen LogP contribution in [0.4, 0.5) is 0 Å². The van der Waals surface area contributed by atoms with Gasteiger partial charge < -0.3 is 5.11 Å². The molecule has 0 bridgehead atoms. The Hall–Kier alpha value is -1.33. The van der Waals surface area contributed by atoms with E-state index in [1.165, 1.54) is 30.9 Å². The molecule has 0 radical (unpaired) electrons. The number of carboxylic acids is 1. The average Bonchev–Trinajstić information content (AvgIpc) is 2.29. The van der Waals surface area contributed by atoms with E-state index >= 15 is 0 Å². The highest BCUT2D eigenvalue weighted by atomic mass is 35.5. The van der Waals surface area contributed by atoms with Gasteiger partial charge in [0.25, 0.3) is 0 Å². The Morgan fingerprint density at radius 2 is 2.28 bits per heavy atom. The van der Waals surface area contributed by atoms with Crippen LogP contribution in [0.2, 0.25) is 5.15 Å². The van der Waals surface area contributed by atoms with Crippen molar-refractivity contribution in [2.24, 2.45) is 0 Å². The minimum absolute atomic E-state index is 0.0720. The molecule has 0 aliphatic heterocycles. The summed E-state index contributed by atoms with van der Waals surface area (Å²) in [6.45, 7) is 1.51. The van der Waals surface area contributed by atoms with Crippen LogP contribution in [0.25, 0.3) is 6.08 Å². The number of carboxylic acid groups (broad SMARTS) is 1. The zero-order valence-corrected chi connectivity index (χ0v) is 11.3. The monoisotopic (exact) mass is 285 g/mol. The van der Waals surface area contributed by atoms with E-state index in [9.17, 15) is 9.59 Å². The Bertz CT molecular complexity index is 488. The van der Waals surface area contributed by atoms with Crippen molar-refractivity contribution in [3.63, 3.8) is 0 Å². The molecule has 1 rings (SSSR count). The zero-order valence-electron chi connectivity index (χ0n) is 9.72. The van der Waals surface area contributed by atoms with Gasteiger partial charge in [0.15, 0.2) is 5.12 Å². The Kier molecular flexibility index (Phi) is 5.88. The number of carbonyl (C=O) groups excluding carboxylic acids is 1. The van der Waals surface area contributed by atoms with Crippen molar-refractivity contribution < 1.29 is 14.7 Å². The lowest BCUT2D eigenvalue weighted by Gasteiger charge is -2.00.